The molecule has 0 bridgehead atoms. The summed E-state index contributed by atoms with van der Waals surface area (Å²) in [6.45, 7) is 4.14. The van der Waals surface area contributed by atoms with E-state index in [1.807, 2.05) is 0 Å². The quantitative estimate of drug-likeness (QED) is 0.0471. The second-order valence-corrected chi connectivity index (χ2v) is 12.4. The normalized spacial score (nSPS) is 14.0. The van der Waals surface area contributed by atoms with E-state index < -0.39 is 18.2 Å². The number of rotatable bonds is 32. The Labute approximate surface area is 255 Å². The van der Waals surface area contributed by atoms with Gasteiger partial charge in [-0.05, 0) is 38.5 Å². The predicted octanol–water partition coefficient (Wildman–Crippen LogP) is 9.31. The molecule has 0 spiro atoms. The lowest BCUT2D eigenvalue weighted by molar-refractivity contribution is -0.124. The van der Waals surface area contributed by atoms with Crippen LogP contribution in [0.4, 0.5) is 0 Å². The van der Waals surface area contributed by atoms with Crippen LogP contribution in [0.3, 0.4) is 0 Å². The highest BCUT2D eigenvalue weighted by atomic mass is 16.3. The smallest absolute Gasteiger partial charge is 0.220 e. The highest BCUT2D eigenvalue weighted by molar-refractivity contribution is 5.76. The summed E-state index contributed by atoms with van der Waals surface area (Å²) in [5.74, 6) is -0.154. The minimum atomic E-state index is -1.15. The summed E-state index contributed by atoms with van der Waals surface area (Å²) in [7, 11) is 0. The number of hydrogen-bond donors (Lipinski definition) is 4. The van der Waals surface area contributed by atoms with Crippen LogP contribution < -0.4 is 5.32 Å². The Morgan fingerprint density at radius 1 is 0.585 bits per heavy atom. The van der Waals surface area contributed by atoms with Crippen LogP contribution in [-0.2, 0) is 4.79 Å². The molecule has 0 fully saturated rings. The van der Waals surface area contributed by atoms with E-state index in [1.54, 1.807) is 0 Å². The molecule has 1 amide bonds. The lowest BCUT2D eigenvalue weighted by Crippen LogP contribution is -2.50. The number of allylic oxidation sites excluding steroid dienone is 2. The predicted molar refractivity (Wildman–Crippen MR) is 176 cm³/mol. The summed E-state index contributed by atoms with van der Waals surface area (Å²) in [5, 5.41) is 33.2. The van der Waals surface area contributed by atoms with Gasteiger partial charge in [0.25, 0.3) is 0 Å². The summed E-state index contributed by atoms with van der Waals surface area (Å²) in [4.78, 5) is 12.3. The maximum Gasteiger partial charge on any atom is 0.220 e. The summed E-state index contributed by atoms with van der Waals surface area (Å²) in [6, 6.07) is -0.818. The molecule has 0 unspecified atom stereocenters. The standard InChI is InChI=1S/C36H71NO4/c1-3-5-7-9-11-13-15-17-18-19-21-23-25-27-29-31-35(40)37-33(32-38)36(41)34(39)30-28-26-24-22-20-16-14-12-10-8-6-4-2/h22,24,33-34,36,38-39,41H,3-21,23,25-32H2,1-2H3,(H,37,40)/b24-22-/t33-,34+,36-/m0/s1. The van der Waals surface area contributed by atoms with Crippen molar-refractivity contribution in [3.05, 3.63) is 12.2 Å². The zero-order chi connectivity index (χ0) is 30.2. The van der Waals surface area contributed by atoms with Gasteiger partial charge in [0.1, 0.15) is 6.10 Å². The van der Waals surface area contributed by atoms with E-state index >= 15 is 0 Å². The zero-order valence-electron chi connectivity index (χ0n) is 27.4. The fourth-order valence-electron chi connectivity index (χ4n) is 5.51. The molecule has 0 saturated heterocycles. The van der Waals surface area contributed by atoms with E-state index in [9.17, 15) is 20.1 Å². The first-order valence-electron chi connectivity index (χ1n) is 18.0. The van der Waals surface area contributed by atoms with Crippen molar-refractivity contribution in [1.29, 1.82) is 0 Å². The van der Waals surface area contributed by atoms with E-state index in [1.165, 1.54) is 122 Å². The van der Waals surface area contributed by atoms with Crippen molar-refractivity contribution >= 4 is 5.91 Å². The number of carbonyl (C=O) groups excluding carboxylic acids is 1. The minimum absolute atomic E-state index is 0.154. The lowest BCUT2D eigenvalue weighted by Gasteiger charge is -2.26. The van der Waals surface area contributed by atoms with Gasteiger partial charge in [0.15, 0.2) is 0 Å². The van der Waals surface area contributed by atoms with Crippen LogP contribution in [0.5, 0.6) is 0 Å². The van der Waals surface area contributed by atoms with Crippen molar-refractivity contribution in [3.63, 3.8) is 0 Å². The fraction of sp³-hybridized carbons (Fsp3) is 0.917. The van der Waals surface area contributed by atoms with Crippen molar-refractivity contribution in [2.45, 2.75) is 205 Å². The van der Waals surface area contributed by atoms with Gasteiger partial charge in [0.05, 0.1) is 18.8 Å². The van der Waals surface area contributed by atoms with E-state index in [-0.39, 0.29) is 12.5 Å². The van der Waals surface area contributed by atoms with Gasteiger partial charge in [-0.2, -0.15) is 0 Å². The molecule has 0 aliphatic rings. The highest BCUT2D eigenvalue weighted by Crippen LogP contribution is 2.15. The molecule has 0 aromatic carbocycles. The van der Waals surface area contributed by atoms with Gasteiger partial charge in [-0.1, -0.05) is 154 Å². The van der Waals surface area contributed by atoms with Crippen molar-refractivity contribution in [2.75, 3.05) is 6.61 Å². The number of hydrogen-bond acceptors (Lipinski definition) is 4. The van der Waals surface area contributed by atoms with Gasteiger partial charge in [0.2, 0.25) is 5.91 Å². The van der Waals surface area contributed by atoms with Gasteiger partial charge in [0, 0.05) is 6.42 Å². The Kier molecular flexibility index (Phi) is 31.3. The summed E-state index contributed by atoms with van der Waals surface area (Å²) in [5.41, 5.74) is 0. The average molecular weight is 582 g/mol. The van der Waals surface area contributed by atoms with Crippen LogP contribution >= 0.6 is 0 Å². The second-order valence-electron chi connectivity index (χ2n) is 12.4. The molecule has 5 heteroatoms. The maximum atomic E-state index is 12.3. The van der Waals surface area contributed by atoms with Crippen molar-refractivity contribution < 1.29 is 20.1 Å². The molecule has 5 nitrogen and oxygen atoms in total. The molecule has 244 valence electrons. The van der Waals surface area contributed by atoms with Gasteiger partial charge >= 0.3 is 0 Å². The zero-order valence-corrected chi connectivity index (χ0v) is 27.4. The third-order valence-electron chi connectivity index (χ3n) is 8.37. The van der Waals surface area contributed by atoms with E-state index in [0.717, 1.165) is 38.5 Å². The van der Waals surface area contributed by atoms with Gasteiger partial charge < -0.3 is 20.6 Å². The first-order valence-corrected chi connectivity index (χ1v) is 18.0. The largest absolute Gasteiger partial charge is 0.394 e. The molecular formula is C36H71NO4. The molecule has 41 heavy (non-hydrogen) atoms. The third kappa shape index (κ3) is 27.7. The Hall–Kier alpha value is -0.910. The van der Waals surface area contributed by atoms with Crippen LogP contribution in [0.15, 0.2) is 12.2 Å². The lowest BCUT2D eigenvalue weighted by atomic mass is 10.0. The maximum absolute atomic E-state index is 12.3. The summed E-state index contributed by atoms with van der Waals surface area (Å²) < 4.78 is 0. The Morgan fingerprint density at radius 3 is 1.41 bits per heavy atom. The monoisotopic (exact) mass is 582 g/mol. The molecule has 0 radical (unpaired) electrons. The van der Waals surface area contributed by atoms with Gasteiger partial charge in [-0.25, -0.2) is 0 Å². The van der Waals surface area contributed by atoms with Crippen LogP contribution in [0, 0.1) is 0 Å². The molecule has 3 atom stereocenters. The first-order chi connectivity index (χ1) is 20.1. The Bertz CT molecular complexity index is 568. The van der Waals surface area contributed by atoms with Gasteiger partial charge in [-0.3, -0.25) is 4.79 Å². The Balaban J connectivity index is 3.72. The minimum Gasteiger partial charge on any atom is -0.394 e. The number of unbranched alkanes of at least 4 members (excludes halogenated alkanes) is 22. The number of aliphatic hydroxyl groups excluding tert-OH is 3. The summed E-state index contributed by atoms with van der Waals surface area (Å²) in [6.07, 6.45) is 34.4. The molecule has 0 rings (SSSR count). The van der Waals surface area contributed by atoms with E-state index in [4.69, 9.17) is 0 Å². The highest BCUT2D eigenvalue weighted by Gasteiger charge is 2.26. The fourth-order valence-corrected chi connectivity index (χ4v) is 5.51. The molecular weight excluding hydrogens is 510 g/mol. The molecule has 0 aliphatic carbocycles. The molecule has 0 aromatic heterocycles. The molecule has 0 aliphatic heterocycles. The van der Waals surface area contributed by atoms with Crippen molar-refractivity contribution in [1.82, 2.24) is 5.32 Å². The second kappa shape index (κ2) is 32.0. The van der Waals surface area contributed by atoms with Crippen molar-refractivity contribution in [3.8, 4) is 0 Å². The van der Waals surface area contributed by atoms with Crippen LogP contribution in [0.2, 0.25) is 0 Å². The average Bonchev–Trinajstić information content (AvgIpc) is 2.97. The summed E-state index contributed by atoms with van der Waals surface area (Å²) >= 11 is 0. The van der Waals surface area contributed by atoms with Crippen molar-refractivity contribution in [2.24, 2.45) is 0 Å². The van der Waals surface area contributed by atoms with Crippen LogP contribution in [0.1, 0.15) is 187 Å². The third-order valence-corrected chi connectivity index (χ3v) is 8.37. The van der Waals surface area contributed by atoms with Crippen LogP contribution in [-0.4, -0.2) is 46.1 Å². The number of amides is 1. The Morgan fingerprint density at radius 2 is 0.976 bits per heavy atom. The number of nitrogens with one attached hydrogen (secondary N) is 1. The molecule has 0 aromatic rings. The van der Waals surface area contributed by atoms with E-state index in [2.05, 4.69) is 31.3 Å². The first kappa shape index (κ1) is 40.1. The van der Waals surface area contributed by atoms with Crippen LogP contribution in [0.25, 0.3) is 0 Å². The molecule has 0 heterocycles. The molecule has 0 saturated carbocycles. The topological polar surface area (TPSA) is 89.8 Å². The molecule has 4 N–H and O–H groups in total. The number of carbonyl (C=O) groups is 1. The SMILES string of the molecule is CCCCCCCCC/C=C\CCC[C@@H](O)[C@@H](O)[C@H](CO)NC(=O)CCCCCCCCCCCCCCCCC. The van der Waals surface area contributed by atoms with E-state index in [0.29, 0.717) is 12.8 Å². The van der Waals surface area contributed by atoms with Gasteiger partial charge in [-0.15, -0.1) is 0 Å². The number of aliphatic hydroxyl groups is 3.